The van der Waals surface area contributed by atoms with Crippen LogP contribution in [-0.2, 0) is 9.53 Å². The Kier molecular flexibility index (Phi) is 5.78. The third-order valence-corrected chi connectivity index (χ3v) is 3.09. The number of ether oxygens (including phenoxy) is 2. The van der Waals surface area contributed by atoms with Gasteiger partial charge in [-0.25, -0.2) is 13.6 Å². The molecular weight excluding hydrogens is 318 g/mol. The summed E-state index contributed by atoms with van der Waals surface area (Å²) >= 11 is 0. The summed E-state index contributed by atoms with van der Waals surface area (Å²) in [5.41, 5.74) is 0.650. The highest BCUT2D eigenvalue weighted by atomic mass is 19.2. The fourth-order valence-electron chi connectivity index (χ4n) is 1.85. The Labute approximate surface area is 137 Å². The van der Waals surface area contributed by atoms with E-state index in [9.17, 15) is 18.4 Å². The van der Waals surface area contributed by atoms with E-state index in [-0.39, 0.29) is 5.56 Å². The number of halogens is 2. The first-order chi connectivity index (χ1) is 11.5. The smallest absolute Gasteiger partial charge is 0.331 e. The van der Waals surface area contributed by atoms with Crippen molar-refractivity contribution in [3.63, 3.8) is 0 Å². The van der Waals surface area contributed by atoms with E-state index in [1.54, 1.807) is 24.3 Å². The highest BCUT2D eigenvalue weighted by molar-refractivity contribution is 5.98. The molecule has 0 saturated carbocycles. The molecule has 6 heteroatoms. The normalized spacial score (nSPS) is 10.6. The molecule has 0 fully saturated rings. The van der Waals surface area contributed by atoms with Crippen molar-refractivity contribution in [1.29, 1.82) is 0 Å². The van der Waals surface area contributed by atoms with Gasteiger partial charge in [-0.15, -0.1) is 0 Å². The molecule has 124 valence electrons. The molecule has 2 aromatic carbocycles. The van der Waals surface area contributed by atoms with E-state index >= 15 is 0 Å². The second-order valence-electron chi connectivity index (χ2n) is 4.77. The lowest BCUT2D eigenvalue weighted by molar-refractivity contribution is -0.136. The molecule has 2 rings (SSSR count). The minimum Gasteiger partial charge on any atom is -0.497 e. The van der Waals surface area contributed by atoms with E-state index in [0.29, 0.717) is 5.75 Å². The number of benzene rings is 2. The van der Waals surface area contributed by atoms with Gasteiger partial charge >= 0.3 is 5.97 Å². The van der Waals surface area contributed by atoms with Crippen molar-refractivity contribution in [2.75, 3.05) is 13.7 Å². The molecule has 0 atom stereocenters. The molecule has 0 N–H and O–H groups in total. The molecule has 24 heavy (non-hydrogen) atoms. The standard InChI is InChI=1S/C18H14F2O4/c1-23-14-4-2-3-12(9-14)5-8-18(22)24-11-17(21)13-6-7-15(19)16(20)10-13/h2-10H,11H2,1H3/b8-5+. The number of Topliss-reactive ketones (excluding diaryl/α,β-unsaturated/α-hetero) is 1. The van der Waals surface area contributed by atoms with E-state index in [1.807, 2.05) is 0 Å². The van der Waals surface area contributed by atoms with Gasteiger partial charge in [0, 0.05) is 11.6 Å². The van der Waals surface area contributed by atoms with E-state index in [0.717, 1.165) is 29.8 Å². The molecule has 0 aliphatic carbocycles. The van der Waals surface area contributed by atoms with Crippen molar-refractivity contribution in [3.05, 3.63) is 71.3 Å². The third-order valence-electron chi connectivity index (χ3n) is 3.09. The van der Waals surface area contributed by atoms with Crippen molar-refractivity contribution in [3.8, 4) is 5.75 Å². The maximum atomic E-state index is 13.1. The van der Waals surface area contributed by atoms with Crippen LogP contribution in [0.1, 0.15) is 15.9 Å². The van der Waals surface area contributed by atoms with Gasteiger partial charge in [-0.1, -0.05) is 12.1 Å². The number of ketones is 1. The largest absolute Gasteiger partial charge is 0.497 e. The van der Waals surface area contributed by atoms with E-state index < -0.39 is 30.0 Å². The highest BCUT2D eigenvalue weighted by Crippen LogP contribution is 2.14. The lowest BCUT2D eigenvalue weighted by Gasteiger charge is -2.03. The summed E-state index contributed by atoms with van der Waals surface area (Å²) in [6.07, 6.45) is 2.67. The second kappa shape index (κ2) is 8.01. The van der Waals surface area contributed by atoms with Gasteiger partial charge in [0.15, 0.2) is 24.0 Å². The molecule has 0 unspecified atom stereocenters. The van der Waals surface area contributed by atoms with Crippen LogP contribution in [0.25, 0.3) is 6.08 Å². The molecule has 0 aliphatic heterocycles. The zero-order valence-electron chi connectivity index (χ0n) is 12.8. The predicted molar refractivity (Wildman–Crippen MR) is 83.7 cm³/mol. The summed E-state index contributed by atoms with van der Waals surface area (Å²) in [4.78, 5) is 23.4. The van der Waals surface area contributed by atoms with Gasteiger partial charge in [-0.05, 0) is 42.0 Å². The first kappa shape index (κ1) is 17.3. The number of esters is 1. The van der Waals surface area contributed by atoms with Crippen molar-refractivity contribution in [2.24, 2.45) is 0 Å². The van der Waals surface area contributed by atoms with Crippen LogP contribution in [0.2, 0.25) is 0 Å². The molecule has 4 nitrogen and oxygen atoms in total. The molecule has 0 aliphatic rings. The number of rotatable bonds is 6. The van der Waals surface area contributed by atoms with Crippen LogP contribution in [0.3, 0.4) is 0 Å². The SMILES string of the molecule is COc1cccc(/C=C/C(=O)OCC(=O)c2ccc(F)c(F)c2)c1. The first-order valence-electron chi connectivity index (χ1n) is 6.97. The average Bonchev–Trinajstić information content (AvgIpc) is 2.60. The van der Waals surface area contributed by atoms with Gasteiger partial charge in [-0.3, -0.25) is 4.79 Å². The average molecular weight is 332 g/mol. The zero-order valence-corrected chi connectivity index (χ0v) is 12.8. The van der Waals surface area contributed by atoms with Gasteiger partial charge in [-0.2, -0.15) is 0 Å². The van der Waals surface area contributed by atoms with Gasteiger partial charge in [0.25, 0.3) is 0 Å². The Bertz CT molecular complexity index is 784. The summed E-state index contributed by atoms with van der Waals surface area (Å²) < 4.78 is 35.7. The Hall–Kier alpha value is -3.02. The first-order valence-corrected chi connectivity index (χ1v) is 6.97. The molecule has 0 amide bonds. The summed E-state index contributed by atoms with van der Waals surface area (Å²) in [7, 11) is 1.53. The van der Waals surface area contributed by atoms with Crippen LogP contribution in [0.4, 0.5) is 8.78 Å². The third kappa shape index (κ3) is 4.74. The minimum absolute atomic E-state index is 0.0709. The van der Waals surface area contributed by atoms with Gasteiger partial charge in [0.2, 0.25) is 0 Å². The van der Waals surface area contributed by atoms with Crippen molar-refractivity contribution in [1.82, 2.24) is 0 Å². The van der Waals surface area contributed by atoms with Gasteiger partial charge in [0.1, 0.15) is 5.75 Å². The van der Waals surface area contributed by atoms with Crippen molar-refractivity contribution in [2.45, 2.75) is 0 Å². The quantitative estimate of drug-likeness (QED) is 0.462. The molecular formula is C18H14F2O4. The molecule has 2 aromatic rings. The molecule has 0 spiro atoms. The molecule has 0 bridgehead atoms. The number of hydrogen-bond donors (Lipinski definition) is 0. The monoisotopic (exact) mass is 332 g/mol. The fourth-order valence-corrected chi connectivity index (χ4v) is 1.85. The number of carbonyl (C=O) groups is 2. The Balaban J connectivity index is 1.91. The van der Waals surface area contributed by atoms with Crippen LogP contribution in [-0.4, -0.2) is 25.5 Å². The Morgan fingerprint density at radius 3 is 2.58 bits per heavy atom. The van der Waals surface area contributed by atoms with Crippen LogP contribution in [0.15, 0.2) is 48.5 Å². The van der Waals surface area contributed by atoms with E-state index in [2.05, 4.69) is 0 Å². The summed E-state index contributed by atoms with van der Waals surface area (Å²) in [6, 6.07) is 9.73. The van der Waals surface area contributed by atoms with Gasteiger partial charge in [0.05, 0.1) is 7.11 Å². The second-order valence-corrected chi connectivity index (χ2v) is 4.77. The highest BCUT2D eigenvalue weighted by Gasteiger charge is 2.11. The molecule has 0 heterocycles. The molecule has 0 aromatic heterocycles. The summed E-state index contributed by atoms with van der Waals surface area (Å²) in [6.45, 7) is -0.563. The van der Waals surface area contributed by atoms with E-state index in [1.165, 1.54) is 13.2 Å². The topological polar surface area (TPSA) is 52.6 Å². The van der Waals surface area contributed by atoms with Crippen LogP contribution < -0.4 is 4.74 Å². The van der Waals surface area contributed by atoms with Gasteiger partial charge < -0.3 is 9.47 Å². The van der Waals surface area contributed by atoms with E-state index in [4.69, 9.17) is 9.47 Å². The number of carbonyl (C=O) groups excluding carboxylic acids is 2. The summed E-state index contributed by atoms with van der Waals surface area (Å²) in [5.74, 6) is -2.90. The molecule has 0 radical (unpaired) electrons. The maximum absolute atomic E-state index is 13.1. The summed E-state index contributed by atoms with van der Waals surface area (Å²) in [5, 5.41) is 0. The van der Waals surface area contributed by atoms with Crippen molar-refractivity contribution >= 4 is 17.8 Å². The Morgan fingerprint density at radius 2 is 1.88 bits per heavy atom. The predicted octanol–water partition coefficient (Wildman–Crippen LogP) is 3.41. The maximum Gasteiger partial charge on any atom is 0.331 e. The zero-order chi connectivity index (χ0) is 17.5. The van der Waals surface area contributed by atoms with Crippen LogP contribution in [0, 0.1) is 11.6 Å². The fraction of sp³-hybridized carbons (Fsp3) is 0.111. The van der Waals surface area contributed by atoms with Crippen LogP contribution >= 0.6 is 0 Å². The minimum atomic E-state index is -1.13. The number of hydrogen-bond acceptors (Lipinski definition) is 4. The lowest BCUT2D eigenvalue weighted by Crippen LogP contribution is -2.13. The van der Waals surface area contributed by atoms with Crippen molar-refractivity contribution < 1.29 is 27.8 Å². The Morgan fingerprint density at radius 1 is 1.08 bits per heavy atom. The van der Waals surface area contributed by atoms with Crippen LogP contribution in [0.5, 0.6) is 5.75 Å². The molecule has 0 saturated heterocycles. The number of methoxy groups -OCH3 is 1. The lowest BCUT2D eigenvalue weighted by atomic mass is 10.1.